The van der Waals surface area contributed by atoms with Crippen LogP contribution in [0.5, 0.6) is 5.75 Å². The van der Waals surface area contributed by atoms with Gasteiger partial charge in [-0.2, -0.15) is 0 Å². The molecular weight excluding hydrogens is 230 g/mol. The maximum Gasteiger partial charge on any atom is 0.211 e. The number of hydrogen-bond acceptors (Lipinski definition) is 2. The van der Waals surface area contributed by atoms with Crippen molar-refractivity contribution in [2.24, 2.45) is 0 Å². The van der Waals surface area contributed by atoms with E-state index in [1.807, 2.05) is 29.3 Å². The molecule has 0 aromatic heterocycles. The van der Waals surface area contributed by atoms with Crippen LogP contribution in [-0.4, -0.2) is 13.1 Å². The van der Waals surface area contributed by atoms with Crippen molar-refractivity contribution in [2.75, 3.05) is 13.1 Å². The zero-order chi connectivity index (χ0) is 9.68. The maximum atomic E-state index is 5.63. The Morgan fingerprint density at radius 3 is 2.38 bits per heavy atom. The number of hydroxylamine groups is 2. The second kappa shape index (κ2) is 5.25. The lowest BCUT2D eigenvalue weighted by Gasteiger charge is -2.07. The van der Waals surface area contributed by atoms with E-state index in [2.05, 4.69) is 29.8 Å². The normalized spacial score (nSPS) is 10.5. The van der Waals surface area contributed by atoms with Gasteiger partial charge in [-0.1, -0.05) is 12.1 Å². The highest BCUT2D eigenvalue weighted by Gasteiger charge is 2.13. The number of para-hydroxylation sites is 1. The summed E-state index contributed by atoms with van der Waals surface area (Å²) in [5.74, 6) is 0.867. The zero-order valence-corrected chi connectivity index (χ0v) is 9.54. The van der Waals surface area contributed by atoms with Crippen LogP contribution in [0.3, 0.4) is 0 Å². The topological polar surface area (TPSA) is 15.1 Å². The fourth-order valence-electron chi connectivity index (χ4n) is 1.01. The highest BCUT2D eigenvalue weighted by molar-refractivity contribution is 9.10. The number of halogens is 1. The summed E-state index contributed by atoms with van der Waals surface area (Å²) in [5.41, 5.74) is 0. The second-order valence-electron chi connectivity index (χ2n) is 2.64. The predicted molar refractivity (Wildman–Crippen MR) is 58.0 cm³/mol. The van der Waals surface area contributed by atoms with Crippen LogP contribution in [-0.2, 0) is 0 Å². The van der Waals surface area contributed by atoms with Gasteiger partial charge in [0.05, 0.1) is 4.47 Å². The molecule has 0 aliphatic heterocycles. The van der Waals surface area contributed by atoms with Crippen molar-refractivity contribution in [3.8, 4) is 5.75 Å². The Morgan fingerprint density at radius 1 is 1.23 bits per heavy atom. The van der Waals surface area contributed by atoms with Gasteiger partial charge in [0.15, 0.2) is 13.1 Å². The lowest BCUT2D eigenvalue weighted by molar-refractivity contribution is 0.0550. The van der Waals surface area contributed by atoms with Gasteiger partial charge in [-0.05, 0) is 41.9 Å². The third-order valence-electron chi connectivity index (χ3n) is 1.77. The Bertz CT molecular complexity index is 261. The Labute approximate surface area is 87.6 Å². The van der Waals surface area contributed by atoms with Gasteiger partial charge in [-0.25, -0.2) is 0 Å². The molecule has 0 unspecified atom stereocenters. The summed E-state index contributed by atoms with van der Waals surface area (Å²) < 4.78 is 0.988. The summed E-state index contributed by atoms with van der Waals surface area (Å²) in [4.78, 5) is 5.63. The molecule has 0 fully saturated rings. The van der Waals surface area contributed by atoms with Gasteiger partial charge in [0, 0.05) is 5.06 Å². The third-order valence-corrected chi connectivity index (χ3v) is 2.42. The van der Waals surface area contributed by atoms with Crippen LogP contribution >= 0.6 is 15.9 Å². The highest BCUT2D eigenvalue weighted by Crippen LogP contribution is 2.23. The van der Waals surface area contributed by atoms with E-state index in [0.717, 1.165) is 23.3 Å². The van der Waals surface area contributed by atoms with E-state index in [0.29, 0.717) is 0 Å². The van der Waals surface area contributed by atoms with Gasteiger partial charge < -0.3 is 0 Å². The van der Waals surface area contributed by atoms with Gasteiger partial charge in [0.1, 0.15) is 0 Å². The standard InChI is InChI=1S/C10H14BrNO/c1-3-12(4-2)13-10-8-6-5-7-9(10)11/h5-8H,3-4H2,1-2H3/q+1. The quantitative estimate of drug-likeness (QED) is 0.587. The lowest BCUT2D eigenvalue weighted by Crippen LogP contribution is -2.33. The molecular formula is C10H14BrNO+. The molecule has 0 aliphatic rings. The molecule has 2 nitrogen and oxygen atoms in total. The Hall–Kier alpha value is -0.540. The largest absolute Gasteiger partial charge is 0.260 e. The van der Waals surface area contributed by atoms with E-state index >= 15 is 0 Å². The van der Waals surface area contributed by atoms with E-state index in [1.54, 1.807) is 0 Å². The first-order valence-electron chi connectivity index (χ1n) is 4.45. The average molecular weight is 244 g/mol. The van der Waals surface area contributed by atoms with Crippen molar-refractivity contribution < 1.29 is 4.84 Å². The fraction of sp³-hybridized carbons (Fsp3) is 0.400. The Kier molecular flexibility index (Phi) is 4.25. The van der Waals surface area contributed by atoms with E-state index in [9.17, 15) is 0 Å². The van der Waals surface area contributed by atoms with Crippen LogP contribution < -0.4 is 9.90 Å². The molecule has 0 saturated carbocycles. The van der Waals surface area contributed by atoms with E-state index in [1.165, 1.54) is 0 Å². The summed E-state index contributed by atoms with van der Waals surface area (Å²) in [6.45, 7) is 5.91. The van der Waals surface area contributed by atoms with Gasteiger partial charge in [0.25, 0.3) is 0 Å². The molecule has 0 amide bonds. The van der Waals surface area contributed by atoms with Gasteiger partial charge in [-0.3, -0.25) is 4.84 Å². The van der Waals surface area contributed by atoms with Crippen molar-refractivity contribution in [1.82, 2.24) is 5.06 Å². The van der Waals surface area contributed by atoms with Gasteiger partial charge >= 0.3 is 0 Å². The number of rotatable bonds is 4. The first-order valence-corrected chi connectivity index (χ1v) is 5.24. The van der Waals surface area contributed by atoms with Crippen LogP contribution in [0.1, 0.15) is 13.8 Å². The molecule has 13 heavy (non-hydrogen) atoms. The first kappa shape index (κ1) is 10.5. The van der Waals surface area contributed by atoms with E-state index < -0.39 is 0 Å². The molecule has 0 atom stereocenters. The monoisotopic (exact) mass is 243 g/mol. The average Bonchev–Trinajstić information content (AvgIpc) is 2.17. The number of hydrogen-bond donors (Lipinski definition) is 0. The highest BCUT2D eigenvalue weighted by atomic mass is 79.9. The van der Waals surface area contributed by atoms with Gasteiger partial charge in [0.2, 0.25) is 5.75 Å². The third kappa shape index (κ3) is 3.01. The molecule has 0 N–H and O–H groups in total. The lowest BCUT2D eigenvalue weighted by atomic mass is 10.3. The van der Waals surface area contributed by atoms with Crippen molar-refractivity contribution in [3.63, 3.8) is 0 Å². The molecule has 1 aromatic rings. The molecule has 1 aromatic carbocycles. The summed E-state index contributed by atoms with van der Waals surface area (Å²) in [6, 6.07) is 7.85. The molecule has 1 radical (unpaired) electrons. The Balaban J connectivity index is 2.67. The molecule has 0 bridgehead atoms. The molecule has 71 valence electrons. The minimum atomic E-state index is 0.867. The molecule has 1 rings (SSSR count). The Morgan fingerprint density at radius 2 is 1.85 bits per heavy atom. The minimum absolute atomic E-state index is 0.867. The van der Waals surface area contributed by atoms with E-state index in [4.69, 9.17) is 4.84 Å². The summed E-state index contributed by atoms with van der Waals surface area (Å²) in [6.07, 6.45) is 0. The van der Waals surface area contributed by atoms with Crippen LogP contribution in [0.2, 0.25) is 0 Å². The molecule has 0 spiro atoms. The van der Waals surface area contributed by atoms with Crippen molar-refractivity contribution in [3.05, 3.63) is 28.7 Å². The summed E-state index contributed by atoms with van der Waals surface area (Å²) >= 11 is 3.43. The van der Waals surface area contributed by atoms with Crippen molar-refractivity contribution in [1.29, 1.82) is 0 Å². The molecule has 0 saturated heterocycles. The predicted octanol–water partition coefficient (Wildman–Crippen LogP) is 2.92. The minimum Gasteiger partial charge on any atom is -0.260 e. The molecule has 3 heteroatoms. The van der Waals surface area contributed by atoms with Crippen molar-refractivity contribution >= 4 is 15.9 Å². The van der Waals surface area contributed by atoms with Crippen LogP contribution in [0.15, 0.2) is 28.7 Å². The SMILES string of the molecule is CC[N+](CC)Oc1ccccc1Br. The molecule has 0 aliphatic carbocycles. The maximum absolute atomic E-state index is 5.63. The van der Waals surface area contributed by atoms with Crippen LogP contribution in [0.25, 0.3) is 0 Å². The van der Waals surface area contributed by atoms with Crippen LogP contribution in [0, 0.1) is 0 Å². The summed E-state index contributed by atoms with van der Waals surface area (Å²) in [5, 5.41) is 1.90. The zero-order valence-electron chi connectivity index (χ0n) is 7.96. The van der Waals surface area contributed by atoms with Gasteiger partial charge in [-0.15, -0.1) is 0 Å². The number of benzene rings is 1. The molecule has 0 heterocycles. The van der Waals surface area contributed by atoms with Crippen LogP contribution in [0.4, 0.5) is 0 Å². The smallest absolute Gasteiger partial charge is 0.211 e. The summed E-state index contributed by atoms with van der Waals surface area (Å²) in [7, 11) is 0. The first-order chi connectivity index (χ1) is 6.27. The fourth-order valence-corrected chi connectivity index (χ4v) is 1.37. The number of nitrogens with zero attached hydrogens (tertiary/aromatic N) is 1. The second-order valence-corrected chi connectivity index (χ2v) is 3.49. The van der Waals surface area contributed by atoms with Crippen molar-refractivity contribution in [2.45, 2.75) is 13.8 Å². The van der Waals surface area contributed by atoms with E-state index in [-0.39, 0.29) is 0 Å².